The minimum Gasteiger partial charge on any atom is -0.376 e. The number of hydrogen-bond acceptors (Lipinski definition) is 1. The molecule has 1 atom stereocenters. The van der Waals surface area contributed by atoms with Crippen molar-refractivity contribution >= 4 is 49.1 Å². The lowest BCUT2D eigenvalue weighted by Crippen LogP contribution is -2.08. The Labute approximate surface area is 134 Å². The number of hydrogen-bond donors (Lipinski definition) is 1. The Bertz CT molecular complexity index is 607. The molecule has 2 aromatic carbocycles. The molecule has 0 radical (unpaired) electrons. The zero-order chi connectivity index (χ0) is 13.4. The molecule has 0 heterocycles. The largest absolute Gasteiger partial charge is 0.376 e. The molecule has 1 N–H and O–H groups in total. The second-order valence-electron chi connectivity index (χ2n) is 4.68. The van der Waals surface area contributed by atoms with E-state index in [0.29, 0.717) is 6.04 Å². The summed E-state index contributed by atoms with van der Waals surface area (Å²) in [5, 5.41) is 4.44. The molecule has 0 saturated heterocycles. The zero-order valence-corrected chi connectivity index (χ0v) is 14.0. The molecule has 0 aliphatic heterocycles. The number of halogens is 3. The van der Waals surface area contributed by atoms with Crippen LogP contribution in [-0.2, 0) is 6.42 Å². The first-order valence-electron chi connectivity index (χ1n) is 6.14. The van der Waals surface area contributed by atoms with Crippen molar-refractivity contribution in [3.8, 4) is 0 Å². The molecule has 1 aliphatic carbocycles. The Balaban J connectivity index is 1.91. The molecular weight excluding hydrogens is 389 g/mol. The van der Waals surface area contributed by atoms with Gasteiger partial charge < -0.3 is 5.32 Å². The van der Waals surface area contributed by atoms with Crippen LogP contribution >= 0.6 is 43.5 Å². The maximum Gasteiger partial charge on any atom is 0.0633 e. The van der Waals surface area contributed by atoms with Crippen LogP contribution in [-0.4, -0.2) is 0 Å². The predicted octanol–water partition coefficient (Wildman–Crippen LogP) is 5.96. The fraction of sp³-hybridized carbons (Fsp3) is 0.200. The third-order valence-corrected chi connectivity index (χ3v) is 5.02. The van der Waals surface area contributed by atoms with Gasteiger partial charge in [0, 0.05) is 14.0 Å². The van der Waals surface area contributed by atoms with Gasteiger partial charge in [0.2, 0.25) is 0 Å². The summed E-state index contributed by atoms with van der Waals surface area (Å²) in [6, 6.07) is 12.6. The summed E-state index contributed by atoms with van der Waals surface area (Å²) < 4.78 is 2.15. The molecule has 1 unspecified atom stereocenters. The highest BCUT2D eigenvalue weighted by atomic mass is 79.9. The third kappa shape index (κ3) is 2.69. The molecule has 0 fully saturated rings. The van der Waals surface area contributed by atoms with Crippen LogP contribution in [0.25, 0.3) is 0 Å². The molecular formula is C15H12Br2ClN. The van der Waals surface area contributed by atoms with Gasteiger partial charge in [-0.25, -0.2) is 0 Å². The molecule has 98 valence electrons. The summed E-state index contributed by atoms with van der Waals surface area (Å²) in [5.74, 6) is 0. The van der Waals surface area contributed by atoms with Gasteiger partial charge in [-0.2, -0.15) is 0 Å². The smallest absolute Gasteiger partial charge is 0.0633 e. The van der Waals surface area contributed by atoms with Crippen molar-refractivity contribution in [2.45, 2.75) is 18.9 Å². The van der Waals surface area contributed by atoms with E-state index in [4.69, 9.17) is 11.6 Å². The Hall–Kier alpha value is -0.510. The van der Waals surface area contributed by atoms with Crippen molar-refractivity contribution in [1.82, 2.24) is 0 Å². The van der Waals surface area contributed by atoms with Gasteiger partial charge in [0.05, 0.1) is 11.7 Å². The van der Waals surface area contributed by atoms with E-state index in [1.807, 2.05) is 24.3 Å². The molecule has 4 heteroatoms. The minimum atomic E-state index is 0.349. The van der Waals surface area contributed by atoms with Crippen molar-refractivity contribution in [2.24, 2.45) is 0 Å². The zero-order valence-electron chi connectivity index (χ0n) is 10.1. The van der Waals surface area contributed by atoms with E-state index in [0.717, 1.165) is 32.5 Å². The van der Waals surface area contributed by atoms with Gasteiger partial charge in [0.25, 0.3) is 0 Å². The van der Waals surface area contributed by atoms with Gasteiger partial charge in [-0.3, -0.25) is 0 Å². The van der Waals surface area contributed by atoms with E-state index in [9.17, 15) is 0 Å². The number of fused-ring (bicyclic) bond motifs is 1. The lowest BCUT2D eigenvalue weighted by Gasteiger charge is -2.18. The molecule has 3 rings (SSSR count). The van der Waals surface area contributed by atoms with Gasteiger partial charge in [0.15, 0.2) is 0 Å². The summed E-state index contributed by atoms with van der Waals surface area (Å²) in [4.78, 5) is 0. The van der Waals surface area contributed by atoms with Gasteiger partial charge in [-0.15, -0.1) is 0 Å². The van der Waals surface area contributed by atoms with E-state index in [2.05, 4.69) is 49.3 Å². The molecule has 0 aromatic heterocycles. The fourth-order valence-corrected chi connectivity index (χ4v) is 3.97. The molecule has 1 aliphatic rings. The Morgan fingerprint density at radius 1 is 1.11 bits per heavy atom. The second-order valence-corrected chi connectivity index (χ2v) is 6.82. The van der Waals surface area contributed by atoms with Gasteiger partial charge >= 0.3 is 0 Å². The van der Waals surface area contributed by atoms with Crippen LogP contribution in [0.3, 0.4) is 0 Å². The average molecular weight is 402 g/mol. The molecule has 2 aromatic rings. The first-order chi connectivity index (χ1) is 9.15. The van der Waals surface area contributed by atoms with Crippen molar-refractivity contribution in [2.75, 3.05) is 5.32 Å². The summed E-state index contributed by atoms with van der Waals surface area (Å²) in [5.41, 5.74) is 3.82. The van der Waals surface area contributed by atoms with Crippen LogP contribution in [0.1, 0.15) is 23.6 Å². The highest BCUT2D eigenvalue weighted by molar-refractivity contribution is 9.11. The molecule has 0 saturated carbocycles. The quantitative estimate of drug-likeness (QED) is 0.654. The van der Waals surface area contributed by atoms with Crippen molar-refractivity contribution in [3.63, 3.8) is 0 Å². The van der Waals surface area contributed by atoms with E-state index in [1.165, 1.54) is 11.1 Å². The highest BCUT2D eigenvalue weighted by Gasteiger charge is 2.23. The van der Waals surface area contributed by atoms with Crippen LogP contribution < -0.4 is 5.32 Å². The predicted molar refractivity (Wildman–Crippen MR) is 88.0 cm³/mol. The fourth-order valence-electron chi connectivity index (χ4n) is 2.55. The monoisotopic (exact) mass is 399 g/mol. The maximum atomic E-state index is 6.05. The first-order valence-corrected chi connectivity index (χ1v) is 8.10. The summed E-state index contributed by atoms with van der Waals surface area (Å²) in [7, 11) is 0. The molecule has 0 bridgehead atoms. The number of nitrogens with one attached hydrogen (secondary N) is 1. The average Bonchev–Trinajstić information content (AvgIpc) is 2.76. The maximum absolute atomic E-state index is 6.05. The number of benzene rings is 2. The lowest BCUT2D eigenvalue weighted by atomic mass is 10.1. The highest BCUT2D eigenvalue weighted by Crippen LogP contribution is 2.39. The van der Waals surface area contributed by atoms with E-state index >= 15 is 0 Å². The molecule has 1 nitrogen and oxygen atoms in total. The van der Waals surface area contributed by atoms with Gasteiger partial charge in [-0.1, -0.05) is 23.7 Å². The van der Waals surface area contributed by atoms with Crippen LogP contribution in [0, 0.1) is 0 Å². The Kier molecular flexibility index (Phi) is 3.88. The topological polar surface area (TPSA) is 12.0 Å². The number of rotatable bonds is 2. The van der Waals surface area contributed by atoms with Crippen molar-refractivity contribution in [3.05, 3.63) is 61.5 Å². The molecule has 0 spiro atoms. The summed E-state index contributed by atoms with van der Waals surface area (Å²) >= 11 is 13.2. The standard InChI is InChI=1S/C15H12Br2ClN/c16-12-2-1-3-13(17)15(12)19-14-7-4-9-8-10(18)5-6-11(9)14/h1-3,5-6,8,14,19H,4,7H2. The van der Waals surface area contributed by atoms with Gasteiger partial charge in [-0.05, 0) is 80.1 Å². The van der Waals surface area contributed by atoms with E-state index < -0.39 is 0 Å². The number of aryl methyl sites for hydroxylation is 1. The Morgan fingerprint density at radius 2 is 1.84 bits per heavy atom. The third-order valence-electron chi connectivity index (χ3n) is 3.46. The van der Waals surface area contributed by atoms with Crippen LogP contribution in [0.15, 0.2) is 45.3 Å². The van der Waals surface area contributed by atoms with E-state index in [1.54, 1.807) is 0 Å². The normalized spacial score (nSPS) is 17.3. The lowest BCUT2D eigenvalue weighted by molar-refractivity contribution is 0.761. The number of anilines is 1. The second kappa shape index (κ2) is 5.47. The van der Waals surface area contributed by atoms with Gasteiger partial charge in [0.1, 0.15) is 0 Å². The first kappa shape index (κ1) is 13.5. The van der Waals surface area contributed by atoms with Crippen LogP contribution in [0.2, 0.25) is 5.02 Å². The SMILES string of the molecule is Clc1ccc2c(c1)CCC2Nc1c(Br)cccc1Br. The Morgan fingerprint density at radius 3 is 2.58 bits per heavy atom. The van der Waals surface area contributed by atoms with Crippen LogP contribution in [0.5, 0.6) is 0 Å². The van der Waals surface area contributed by atoms with E-state index in [-0.39, 0.29) is 0 Å². The minimum absolute atomic E-state index is 0.349. The van der Waals surface area contributed by atoms with Crippen LogP contribution in [0.4, 0.5) is 5.69 Å². The molecule has 0 amide bonds. The summed E-state index contributed by atoms with van der Waals surface area (Å²) in [6.45, 7) is 0. The van der Waals surface area contributed by atoms with Crippen molar-refractivity contribution < 1.29 is 0 Å². The van der Waals surface area contributed by atoms with Crippen molar-refractivity contribution in [1.29, 1.82) is 0 Å². The number of para-hydroxylation sites is 1. The molecule has 19 heavy (non-hydrogen) atoms. The summed E-state index contributed by atoms with van der Waals surface area (Å²) in [6.07, 6.45) is 2.18.